The summed E-state index contributed by atoms with van der Waals surface area (Å²) in [5.74, 6) is 0. The van der Waals surface area contributed by atoms with Gasteiger partial charge in [-0.25, -0.2) is 0 Å². The predicted octanol–water partition coefficient (Wildman–Crippen LogP) is 1.36. The molecule has 0 bridgehead atoms. The molecule has 1 N–H and O–H groups in total. The van der Waals surface area contributed by atoms with Crippen molar-refractivity contribution in [1.82, 2.24) is 15.1 Å². The summed E-state index contributed by atoms with van der Waals surface area (Å²) in [4.78, 5) is 0. The first-order chi connectivity index (χ1) is 5.60. The van der Waals surface area contributed by atoms with Crippen LogP contribution in [-0.2, 0) is 12.1 Å². The van der Waals surface area contributed by atoms with Gasteiger partial charge in [0.15, 0.2) is 0 Å². The van der Waals surface area contributed by atoms with E-state index in [4.69, 9.17) is 0 Å². The third-order valence-corrected chi connectivity index (χ3v) is 2.23. The summed E-state index contributed by atoms with van der Waals surface area (Å²) in [7, 11) is 1.95. The highest BCUT2D eigenvalue weighted by Crippen LogP contribution is 2.16. The van der Waals surface area contributed by atoms with Gasteiger partial charge in [0.25, 0.3) is 0 Å². The van der Waals surface area contributed by atoms with E-state index in [9.17, 15) is 0 Å². The summed E-state index contributed by atoms with van der Waals surface area (Å²) < 4.78 is 1.94. The predicted molar refractivity (Wildman–Crippen MR) is 50.0 cm³/mol. The van der Waals surface area contributed by atoms with E-state index < -0.39 is 0 Å². The van der Waals surface area contributed by atoms with Crippen molar-refractivity contribution < 1.29 is 0 Å². The molecule has 1 aromatic heterocycles. The molecular weight excluding hydrogens is 150 g/mol. The van der Waals surface area contributed by atoms with Gasteiger partial charge in [-0.1, -0.05) is 0 Å². The van der Waals surface area contributed by atoms with E-state index in [0.29, 0.717) is 0 Å². The molecule has 0 amide bonds. The normalized spacial score (nSPS) is 12.0. The zero-order chi connectivity index (χ0) is 9.19. The smallest absolute Gasteiger partial charge is 0.0819 e. The molecule has 0 spiro atoms. The van der Waals surface area contributed by atoms with E-state index in [1.54, 1.807) is 0 Å². The molecule has 0 saturated heterocycles. The molecule has 1 rings (SSSR count). The van der Waals surface area contributed by atoms with Crippen molar-refractivity contribution in [2.45, 2.75) is 32.9 Å². The largest absolute Gasteiger partial charge is 0.310 e. The maximum absolute atomic E-state index is 4.43. The standard InChI is InChI=1S/C9H17N3/c1-5-12-7-6-8(11-12)9(2,3)10-4/h6-7,10H,5H2,1-4H3. The Morgan fingerprint density at radius 2 is 2.25 bits per heavy atom. The SMILES string of the molecule is CCn1ccc(C(C)(C)NC)n1. The lowest BCUT2D eigenvalue weighted by Crippen LogP contribution is -2.33. The summed E-state index contributed by atoms with van der Waals surface area (Å²) in [6.07, 6.45) is 2.01. The molecule has 0 aliphatic carbocycles. The lowest BCUT2D eigenvalue weighted by atomic mass is 10.0. The van der Waals surface area contributed by atoms with Crippen LogP contribution >= 0.6 is 0 Å². The zero-order valence-electron chi connectivity index (χ0n) is 8.26. The first-order valence-electron chi connectivity index (χ1n) is 4.33. The van der Waals surface area contributed by atoms with Crippen LogP contribution in [0, 0.1) is 0 Å². The van der Waals surface area contributed by atoms with Crippen LogP contribution in [0.1, 0.15) is 26.5 Å². The molecule has 1 heterocycles. The fraction of sp³-hybridized carbons (Fsp3) is 0.667. The average Bonchev–Trinajstić information content (AvgIpc) is 2.52. The number of aryl methyl sites for hydroxylation is 1. The monoisotopic (exact) mass is 167 g/mol. The Morgan fingerprint density at radius 3 is 2.67 bits per heavy atom. The van der Waals surface area contributed by atoms with Gasteiger partial charge in [-0.15, -0.1) is 0 Å². The molecule has 0 aromatic carbocycles. The van der Waals surface area contributed by atoms with E-state index in [1.165, 1.54) is 0 Å². The lowest BCUT2D eigenvalue weighted by molar-refractivity contribution is 0.423. The van der Waals surface area contributed by atoms with Gasteiger partial charge < -0.3 is 5.32 Å². The summed E-state index contributed by atoms with van der Waals surface area (Å²) in [5.41, 5.74) is 1.06. The number of hydrogen-bond donors (Lipinski definition) is 1. The number of nitrogens with zero attached hydrogens (tertiary/aromatic N) is 2. The fourth-order valence-corrected chi connectivity index (χ4v) is 0.999. The Bertz CT molecular complexity index is 250. The Labute approximate surface area is 73.8 Å². The van der Waals surface area contributed by atoms with E-state index in [0.717, 1.165) is 12.2 Å². The number of rotatable bonds is 3. The molecule has 0 saturated carbocycles. The van der Waals surface area contributed by atoms with Gasteiger partial charge in [0.2, 0.25) is 0 Å². The Hall–Kier alpha value is -0.830. The zero-order valence-corrected chi connectivity index (χ0v) is 8.26. The lowest BCUT2D eigenvalue weighted by Gasteiger charge is -2.21. The van der Waals surface area contributed by atoms with Gasteiger partial charge in [0.05, 0.1) is 11.2 Å². The Morgan fingerprint density at radius 1 is 1.58 bits per heavy atom. The van der Waals surface area contributed by atoms with Crippen LogP contribution < -0.4 is 5.32 Å². The first kappa shape index (κ1) is 9.26. The molecule has 3 heteroatoms. The molecule has 0 unspecified atom stereocenters. The van der Waals surface area contributed by atoms with Crippen molar-refractivity contribution >= 4 is 0 Å². The molecule has 1 aromatic rings. The quantitative estimate of drug-likeness (QED) is 0.736. The average molecular weight is 167 g/mol. The highest BCUT2D eigenvalue weighted by molar-refractivity contribution is 5.10. The van der Waals surface area contributed by atoms with Crippen LogP contribution in [0.3, 0.4) is 0 Å². The summed E-state index contributed by atoms with van der Waals surface area (Å²) in [5, 5.41) is 7.64. The molecule has 12 heavy (non-hydrogen) atoms. The van der Waals surface area contributed by atoms with Gasteiger partial charge in [-0.2, -0.15) is 5.10 Å². The van der Waals surface area contributed by atoms with Crippen molar-refractivity contribution in [3.8, 4) is 0 Å². The number of hydrogen-bond acceptors (Lipinski definition) is 2. The number of aromatic nitrogens is 2. The minimum atomic E-state index is -0.0274. The maximum Gasteiger partial charge on any atom is 0.0819 e. The van der Waals surface area contributed by atoms with Gasteiger partial charge in [-0.3, -0.25) is 4.68 Å². The van der Waals surface area contributed by atoms with Gasteiger partial charge in [0.1, 0.15) is 0 Å². The highest BCUT2D eigenvalue weighted by atomic mass is 15.3. The molecule has 0 aliphatic heterocycles. The van der Waals surface area contributed by atoms with E-state index in [2.05, 4.69) is 37.3 Å². The topological polar surface area (TPSA) is 29.9 Å². The fourth-order valence-electron chi connectivity index (χ4n) is 0.999. The molecule has 0 atom stereocenters. The summed E-state index contributed by atoms with van der Waals surface area (Å²) in [6, 6.07) is 2.06. The van der Waals surface area contributed by atoms with Crippen molar-refractivity contribution in [2.24, 2.45) is 0 Å². The van der Waals surface area contributed by atoms with E-state index >= 15 is 0 Å². The highest BCUT2D eigenvalue weighted by Gasteiger charge is 2.20. The van der Waals surface area contributed by atoms with Crippen molar-refractivity contribution in [1.29, 1.82) is 0 Å². The Balaban J connectivity index is 2.88. The summed E-state index contributed by atoms with van der Waals surface area (Å²) >= 11 is 0. The first-order valence-corrected chi connectivity index (χ1v) is 4.33. The van der Waals surface area contributed by atoms with Crippen LogP contribution in [0.15, 0.2) is 12.3 Å². The van der Waals surface area contributed by atoms with Crippen molar-refractivity contribution in [3.05, 3.63) is 18.0 Å². The van der Waals surface area contributed by atoms with Crippen LogP contribution in [0.25, 0.3) is 0 Å². The van der Waals surface area contributed by atoms with E-state index in [1.807, 2.05) is 17.9 Å². The van der Waals surface area contributed by atoms with Gasteiger partial charge in [0, 0.05) is 12.7 Å². The third-order valence-electron chi connectivity index (χ3n) is 2.23. The molecule has 3 nitrogen and oxygen atoms in total. The second-order valence-corrected chi connectivity index (χ2v) is 3.43. The van der Waals surface area contributed by atoms with Crippen molar-refractivity contribution in [3.63, 3.8) is 0 Å². The maximum atomic E-state index is 4.43. The Kier molecular flexibility index (Phi) is 2.52. The van der Waals surface area contributed by atoms with Gasteiger partial charge in [-0.05, 0) is 33.9 Å². The molecule has 0 radical (unpaired) electrons. The van der Waals surface area contributed by atoms with E-state index in [-0.39, 0.29) is 5.54 Å². The van der Waals surface area contributed by atoms with Crippen molar-refractivity contribution in [2.75, 3.05) is 7.05 Å². The second kappa shape index (κ2) is 3.27. The minimum Gasteiger partial charge on any atom is -0.310 e. The number of nitrogens with one attached hydrogen (secondary N) is 1. The molecule has 0 aliphatic rings. The van der Waals surface area contributed by atoms with Crippen LogP contribution in [-0.4, -0.2) is 16.8 Å². The second-order valence-electron chi connectivity index (χ2n) is 3.43. The summed E-state index contributed by atoms with van der Waals surface area (Å²) in [6.45, 7) is 7.26. The third kappa shape index (κ3) is 1.67. The van der Waals surface area contributed by atoms with Crippen LogP contribution in [0.4, 0.5) is 0 Å². The molecule has 0 fully saturated rings. The van der Waals surface area contributed by atoms with Crippen LogP contribution in [0.5, 0.6) is 0 Å². The molecular formula is C9H17N3. The van der Waals surface area contributed by atoms with Crippen LogP contribution in [0.2, 0.25) is 0 Å². The van der Waals surface area contributed by atoms with Gasteiger partial charge >= 0.3 is 0 Å². The minimum absolute atomic E-state index is 0.0274. The molecule has 68 valence electrons.